The predicted molar refractivity (Wildman–Crippen MR) is 99.0 cm³/mol. The fourth-order valence-electron chi connectivity index (χ4n) is 4.12. The van der Waals surface area contributed by atoms with Crippen molar-refractivity contribution in [3.63, 3.8) is 0 Å². The minimum atomic E-state index is -0.738. The number of phenols is 1. The molecule has 0 fully saturated rings. The largest absolute Gasteiger partial charge is 0.504 e. The van der Waals surface area contributed by atoms with Crippen LogP contribution in [0, 0.1) is 0 Å². The van der Waals surface area contributed by atoms with Gasteiger partial charge >= 0.3 is 0 Å². The van der Waals surface area contributed by atoms with Crippen LogP contribution in [0.15, 0.2) is 48.5 Å². The molecule has 0 amide bonds. The van der Waals surface area contributed by atoms with Crippen molar-refractivity contribution in [2.75, 3.05) is 18.1 Å². The van der Waals surface area contributed by atoms with Gasteiger partial charge in [0.25, 0.3) is 0 Å². The average molecular weight is 337 g/mol. The fourth-order valence-corrected chi connectivity index (χ4v) is 4.12. The van der Waals surface area contributed by atoms with Crippen LogP contribution >= 0.6 is 0 Å². The van der Waals surface area contributed by atoms with Gasteiger partial charge in [-0.3, -0.25) is 0 Å². The van der Waals surface area contributed by atoms with Crippen LogP contribution in [0.1, 0.15) is 31.4 Å². The minimum absolute atomic E-state index is 0.126. The average Bonchev–Trinajstić information content (AvgIpc) is 2.79. The number of benzene rings is 2. The quantitative estimate of drug-likeness (QED) is 0.897. The zero-order chi connectivity index (χ0) is 17.7. The Kier molecular flexibility index (Phi) is 3.55. The van der Waals surface area contributed by atoms with Crippen LogP contribution in [0.5, 0.6) is 11.5 Å². The lowest BCUT2D eigenvalue weighted by atomic mass is 9.76. The molecule has 1 unspecified atom stereocenters. The van der Waals surface area contributed by atoms with E-state index in [1.165, 1.54) is 5.56 Å². The summed E-state index contributed by atoms with van der Waals surface area (Å²) in [5, 5.41) is 19.7. The van der Waals surface area contributed by atoms with Crippen molar-refractivity contribution in [3.05, 3.63) is 59.7 Å². The number of aliphatic hydroxyl groups excluding tert-OH is 1. The highest BCUT2D eigenvalue weighted by Crippen LogP contribution is 2.55. The molecule has 2 N–H and O–H groups in total. The van der Waals surface area contributed by atoms with E-state index in [1.807, 2.05) is 30.3 Å². The molecule has 0 aliphatic carbocycles. The maximum absolute atomic E-state index is 10.3. The second kappa shape index (κ2) is 5.53. The molecule has 2 aliphatic heterocycles. The van der Waals surface area contributed by atoms with E-state index in [9.17, 15) is 10.2 Å². The van der Waals surface area contributed by atoms with Gasteiger partial charge in [0.1, 0.15) is 0 Å². The molecule has 4 heteroatoms. The molecule has 130 valence electrons. The third-order valence-electron chi connectivity index (χ3n) is 5.48. The molecule has 2 aliphatic rings. The van der Waals surface area contributed by atoms with Gasteiger partial charge < -0.3 is 19.8 Å². The predicted octanol–water partition coefficient (Wildman–Crippen LogP) is 3.67. The van der Waals surface area contributed by atoms with E-state index in [1.54, 1.807) is 6.07 Å². The zero-order valence-corrected chi connectivity index (χ0v) is 14.6. The van der Waals surface area contributed by atoms with E-state index in [2.05, 4.69) is 37.0 Å². The number of hydrogen-bond acceptors (Lipinski definition) is 4. The van der Waals surface area contributed by atoms with Gasteiger partial charge in [0.05, 0.1) is 5.41 Å². The summed E-state index contributed by atoms with van der Waals surface area (Å²) in [6.45, 7) is 5.13. The Labute approximate surface area is 148 Å². The Balaban J connectivity index is 1.89. The van der Waals surface area contributed by atoms with E-state index < -0.39 is 5.72 Å². The van der Waals surface area contributed by atoms with Gasteiger partial charge in [-0.1, -0.05) is 30.3 Å². The van der Waals surface area contributed by atoms with Gasteiger partial charge in [-0.15, -0.1) is 0 Å². The SMILES string of the molecule is CC1(C)c2ccccc2N(CCCO)C12C=Cc1cccc(O)c1O2. The molecule has 25 heavy (non-hydrogen) atoms. The Morgan fingerprint density at radius 1 is 1.08 bits per heavy atom. The van der Waals surface area contributed by atoms with Gasteiger partial charge in [-0.25, -0.2) is 0 Å². The Hall–Kier alpha value is -2.46. The molecule has 4 rings (SSSR count). The van der Waals surface area contributed by atoms with Crippen molar-refractivity contribution in [1.82, 2.24) is 0 Å². The summed E-state index contributed by atoms with van der Waals surface area (Å²) in [6.07, 6.45) is 4.77. The number of fused-ring (bicyclic) bond motifs is 2. The first-order valence-corrected chi connectivity index (χ1v) is 8.69. The second-order valence-electron chi connectivity index (χ2n) is 7.20. The second-order valence-corrected chi connectivity index (χ2v) is 7.20. The standard InChI is InChI=1S/C21H23NO3/c1-20(2)16-8-3-4-9-17(16)22(13-6-14-23)21(20)12-11-15-7-5-10-18(24)19(15)25-21/h3-5,7-12,23-24H,6,13-14H2,1-2H3. The molecule has 2 heterocycles. The van der Waals surface area contributed by atoms with Crippen molar-refractivity contribution in [3.8, 4) is 11.5 Å². The summed E-state index contributed by atoms with van der Waals surface area (Å²) in [5.74, 6) is 0.662. The van der Waals surface area contributed by atoms with Crippen LogP contribution in [-0.4, -0.2) is 29.1 Å². The highest BCUT2D eigenvalue weighted by molar-refractivity contribution is 5.73. The third kappa shape index (κ3) is 2.10. The zero-order valence-electron chi connectivity index (χ0n) is 14.6. The summed E-state index contributed by atoms with van der Waals surface area (Å²) < 4.78 is 6.53. The van der Waals surface area contributed by atoms with Gasteiger partial charge in [0.2, 0.25) is 5.72 Å². The van der Waals surface area contributed by atoms with Crippen molar-refractivity contribution >= 4 is 11.8 Å². The number of ether oxygens (including phenoxy) is 1. The molecule has 0 saturated carbocycles. The van der Waals surface area contributed by atoms with E-state index in [0.717, 1.165) is 11.3 Å². The van der Waals surface area contributed by atoms with Crippen molar-refractivity contribution in [1.29, 1.82) is 0 Å². The lowest BCUT2D eigenvalue weighted by molar-refractivity contribution is 0.0497. The molecule has 2 aromatic carbocycles. The van der Waals surface area contributed by atoms with E-state index >= 15 is 0 Å². The van der Waals surface area contributed by atoms with Crippen LogP contribution in [0.4, 0.5) is 5.69 Å². The molecule has 1 atom stereocenters. The lowest BCUT2D eigenvalue weighted by Crippen LogP contribution is -2.59. The van der Waals surface area contributed by atoms with E-state index in [-0.39, 0.29) is 17.8 Å². The third-order valence-corrected chi connectivity index (χ3v) is 5.48. The number of aromatic hydroxyl groups is 1. The number of para-hydroxylation sites is 2. The van der Waals surface area contributed by atoms with Gasteiger partial charge in [-0.2, -0.15) is 0 Å². The Bertz CT molecular complexity index is 843. The minimum Gasteiger partial charge on any atom is -0.504 e. The molecule has 0 aromatic heterocycles. The molecule has 0 radical (unpaired) electrons. The van der Waals surface area contributed by atoms with Crippen molar-refractivity contribution < 1.29 is 14.9 Å². The first-order chi connectivity index (χ1) is 12.0. The molecular weight excluding hydrogens is 314 g/mol. The summed E-state index contributed by atoms with van der Waals surface area (Å²) >= 11 is 0. The fraction of sp³-hybridized carbons (Fsp3) is 0.333. The number of hydrogen-bond donors (Lipinski definition) is 2. The van der Waals surface area contributed by atoms with Crippen LogP contribution in [-0.2, 0) is 5.41 Å². The van der Waals surface area contributed by atoms with Gasteiger partial charge in [-0.05, 0) is 50.1 Å². The number of nitrogens with zero attached hydrogens (tertiary/aromatic N) is 1. The molecule has 4 nitrogen and oxygen atoms in total. The number of phenolic OH excluding ortho intramolecular Hbond substituents is 1. The lowest BCUT2D eigenvalue weighted by Gasteiger charge is -2.47. The smallest absolute Gasteiger partial charge is 0.212 e. The Morgan fingerprint density at radius 3 is 2.68 bits per heavy atom. The first-order valence-electron chi connectivity index (χ1n) is 8.69. The normalized spacial score (nSPS) is 22.6. The molecule has 0 bridgehead atoms. The van der Waals surface area contributed by atoms with Crippen molar-refractivity contribution in [2.24, 2.45) is 0 Å². The highest BCUT2D eigenvalue weighted by atomic mass is 16.5. The summed E-state index contributed by atoms with van der Waals surface area (Å²) in [4.78, 5) is 2.21. The molecular formula is C21H23NO3. The summed E-state index contributed by atoms with van der Waals surface area (Å²) in [6, 6.07) is 13.7. The first kappa shape index (κ1) is 16.0. The molecule has 0 saturated heterocycles. The molecule has 2 aromatic rings. The van der Waals surface area contributed by atoms with Gasteiger partial charge in [0, 0.05) is 24.4 Å². The maximum atomic E-state index is 10.3. The number of aliphatic hydroxyl groups is 1. The monoisotopic (exact) mass is 337 g/mol. The van der Waals surface area contributed by atoms with E-state index in [0.29, 0.717) is 18.7 Å². The van der Waals surface area contributed by atoms with Crippen LogP contribution in [0.3, 0.4) is 0 Å². The number of rotatable bonds is 3. The highest BCUT2D eigenvalue weighted by Gasteiger charge is 2.58. The van der Waals surface area contributed by atoms with Crippen molar-refractivity contribution in [2.45, 2.75) is 31.4 Å². The van der Waals surface area contributed by atoms with E-state index in [4.69, 9.17) is 4.74 Å². The maximum Gasteiger partial charge on any atom is 0.212 e. The topological polar surface area (TPSA) is 52.9 Å². The van der Waals surface area contributed by atoms with Gasteiger partial charge in [0.15, 0.2) is 11.5 Å². The van der Waals surface area contributed by atoms with Crippen LogP contribution in [0.2, 0.25) is 0 Å². The van der Waals surface area contributed by atoms with Crippen LogP contribution in [0.25, 0.3) is 6.08 Å². The Morgan fingerprint density at radius 2 is 1.88 bits per heavy atom. The molecule has 1 spiro atoms. The van der Waals surface area contributed by atoms with Crippen LogP contribution < -0.4 is 9.64 Å². The summed E-state index contributed by atoms with van der Waals surface area (Å²) in [5.41, 5.74) is 2.13. The summed E-state index contributed by atoms with van der Waals surface area (Å²) in [7, 11) is 0. The number of anilines is 1.